The molecule has 0 fully saturated rings. The van der Waals surface area contributed by atoms with Gasteiger partial charge in [-0.05, 0) is 41.6 Å². The Bertz CT molecular complexity index is 694. The third-order valence-electron chi connectivity index (χ3n) is 2.70. The normalized spacial score (nSPS) is 15.5. The second-order valence-corrected chi connectivity index (χ2v) is 5.28. The highest BCUT2D eigenvalue weighted by Crippen LogP contribution is 2.36. The molecule has 0 amide bonds. The van der Waals surface area contributed by atoms with Crippen molar-refractivity contribution in [2.75, 3.05) is 0 Å². The van der Waals surface area contributed by atoms with Crippen LogP contribution in [0.25, 0.3) is 10.9 Å². The van der Waals surface area contributed by atoms with E-state index in [1.807, 2.05) is 27.6 Å². The summed E-state index contributed by atoms with van der Waals surface area (Å²) in [6, 6.07) is 4.63. The lowest BCUT2D eigenvalue weighted by molar-refractivity contribution is -0.261. The molecule has 1 heterocycles. The number of alkyl halides is 3. The van der Waals surface area contributed by atoms with E-state index in [-0.39, 0.29) is 10.9 Å². The van der Waals surface area contributed by atoms with Crippen LogP contribution in [-0.2, 0) is 5.60 Å². The molecule has 2 aromatic rings. The number of aliphatic hydroxyl groups is 1. The van der Waals surface area contributed by atoms with Crippen molar-refractivity contribution in [1.29, 1.82) is 0 Å². The molecule has 0 saturated carbocycles. The van der Waals surface area contributed by atoms with Gasteiger partial charge in [0.1, 0.15) is 0 Å². The van der Waals surface area contributed by atoms with Crippen molar-refractivity contribution in [3.05, 3.63) is 37.9 Å². The zero-order chi connectivity index (χ0) is 14.4. The predicted octanol–water partition coefficient (Wildman–Crippen LogP) is 2.30. The molecule has 1 unspecified atom stereocenters. The summed E-state index contributed by atoms with van der Waals surface area (Å²) in [4.78, 5) is 17.5. The Morgan fingerprint density at radius 3 is 2.58 bits per heavy atom. The van der Waals surface area contributed by atoms with E-state index < -0.39 is 23.2 Å². The van der Waals surface area contributed by atoms with Crippen LogP contribution in [0.3, 0.4) is 0 Å². The summed E-state index contributed by atoms with van der Waals surface area (Å²) in [5, 5.41) is 9.71. The number of hydrogen-bond acceptors (Lipinski definition) is 3. The van der Waals surface area contributed by atoms with E-state index in [4.69, 9.17) is 0 Å². The highest BCUT2D eigenvalue weighted by atomic mass is 127. The monoisotopic (exact) mass is 384 g/mol. The Morgan fingerprint density at radius 2 is 2.00 bits per heavy atom. The molecular formula is C11H8F3IN2O2. The standard InChI is InChI=1S/C11H8F3IN2O2/c1-10(19,11(12,13)14)9-16-6-4-2-3-5(15)7(6)8(18)17-9/h2-4,19H,1H3,(H,16,17,18). The minimum absolute atomic E-state index is 0.107. The maximum atomic E-state index is 12.7. The number of aromatic amines is 1. The van der Waals surface area contributed by atoms with Crippen molar-refractivity contribution < 1.29 is 18.3 Å². The molecule has 1 atom stereocenters. The van der Waals surface area contributed by atoms with Crippen LogP contribution in [-0.4, -0.2) is 21.3 Å². The summed E-state index contributed by atoms with van der Waals surface area (Å²) in [5.74, 6) is -0.820. The van der Waals surface area contributed by atoms with Gasteiger partial charge in [0.15, 0.2) is 5.82 Å². The lowest BCUT2D eigenvalue weighted by Gasteiger charge is -2.25. The first-order valence-corrected chi connectivity index (χ1v) is 6.20. The molecule has 4 nitrogen and oxygen atoms in total. The van der Waals surface area contributed by atoms with Crippen LogP contribution in [0.4, 0.5) is 13.2 Å². The van der Waals surface area contributed by atoms with Crippen molar-refractivity contribution in [1.82, 2.24) is 9.97 Å². The van der Waals surface area contributed by atoms with Gasteiger partial charge in [-0.2, -0.15) is 13.2 Å². The number of benzene rings is 1. The third kappa shape index (κ3) is 2.34. The van der Waals surface area contributed by atoms with Crippen molar-refractivity contribution in [3.63, 3.8) is 0 Å². The molecule has 0 aliphatic rings. The van der Waals surface area contributed by atoms with E-state index in [0.717, 1.165) is 0 Å². The SMILES string of the molecule is CC(O)(c1nc2cccc(I)c2c(=O)[nH]1)C(F)(F)F. The second kappa shape index (κ2) is 4.44. The second-order valence-electron chi connectivity index (χ2n) is 4.12. The van der Waals surface area contributed by atoms with E-state index in [0.29, 0.717) is 10.5 Å². The first-order chi connectivity index (χ1) is 8.64. The fraction of sp³-hybridized carbons (Fsp3) is 0.273. The molecule has 1 aromatic carbocycles. The molecule has 0 aliphatic heterocycles. The zero-order valence-corrected chi connectivity index (χ0v) is 11.7. The van der Waals surface area contributed by atoms with E-state index in [2.05, 4.69) is 4.98 Å². The minimum Gasteiger partial charge on any atom is -0.374 e. The van der Waals surface area contributed by atoms with Crippen LogP contribution in [0.5, 0.6) is 0 Å². The van der Waals surface area contributed by atoms with Crippen molar-refractivity contribution >= 4 is 33.5 Å². The summed E-state index contributed by atoms with van der Waals surface area (Å²) in [6.07, 6.45) is -4.93. The third-order valence-corrected chi connectivity index (χ3v) is 3.59. The Balaban J connectivity index is 2.76. The summed E-state index contributed by atoms with van der Waals surface area (Å²) >= 11 is 1.89. The van der Waals surface area contributed by atoms with Crippen LogP contribution in [0.2, 0.25) is 0 Å². The Kier molecular flexibility index (Phi) is 3.33. The van der Waals surface area contributed by atoms with E-state index in [1.165, 1.54) is 6.07 Å². The van der Waals surface area contributed by atoms with Gasteiger partial charge < -0.3 is 10.1 Å². The summed E-state index contributed by atoms with van der Waals surface area (Å²) in [7, 11) is 0. The van der Waals surface area contributed by atoms with Crippen LogP contribution in [0.15, 0.2) is 23.0 Å². The highest BCUT2D eigenvalue weighted by Gasteiger charge is 2.53. The number of nitrogens with zero attached hydrogens (tertiary/aromatic N) is 1. The molecule has 2 N–H and O–H groups in total. The molecule has 1 aromatic heterocycles. The highest BCUT2D eigenvalue weighted by molar-refractivity contribution is 14.1. The average molecular weight is 384 g/mol. The number of halogens is 4. The van der Waals surface area contributed by atoms with Gasteiger partial charge in [0, 0.05) is 3.57 Å². The van der Waals surface area contributed by atoms with Crippen LogP contribution in [0.1, 0.15) is 12.7 Å². The van der Waals surface area contributed by atoms with Gasteiger partial charge >= 0.3 is 6.18 Å². The van der Waals surface area contributed by atoms with Crippen LogP contribution < -0.4 is 5.56 Å². The molecule has 2 rings (SSSR count). The largest absolute Gasteiger partial charge is 0.424 e. The maximum Gasteiger partial charge on any atom is 0.424 e. The maximum absolute atomic E-state index is 12.7. The quantitative estimate of drug-likeness (QED) is 0.742. The molecule has 102 valence electrons. The molecule has 0 bridgehead atoms. The number of fused-ring (bicyclic) bond motifs is 1. The summed E-state index contributed by atoms with van der Waals surface area (Å²) in [6.45, 7) is 0.547. The first kappa shape index (κ1) is 14.3. The fourth-order valence-corrected chi connectivity index (χ4v) is 2.24. The zero-order valence-electron chi connectivity index (χ0n) is 9.55. The van der Waals surface area contributed by atoms with Gasteiger partial charge in [-0.15, -0.1) is 0 Å². The molecular weight excluding hydrogens is 376 g/mol. The topological polar surface area (TPSA) is 66.0 Å². The molecule has 0 radical (unpaired) electrons. The Morgan fingerprint density at radius 1 is 1.37 bits per heavy atom. The lowest BCUT2D eigenvalue weighted by atomic mass is 10.1. The van der Waals surface area contributed by atoms with Gasteiger partial charge in [-0.3, -0.25) is 4.79 Å². The van der Waals surface area contributed by atoms with Crippen molar-refractivity contribution in [2.45, 2.75) is 18.7 Å². The average Bonchev–Trinajstić information content (AvgIpc) is 2.26. The summed E-state index contributed by atoms with van der Waals surface area (Å²) in [5.41, 5.74) is -3.81. The van der Waals surface area contributed by atoms with Gasteiger partial charge in [-0.1, -0.05) is 6.07 Å². The lowest BCUT2D eigenvalue weighted by Crippen LogP contribution is -2.42. The summed E-state index contributed by atoms with van der Waals surface area (Å²) < 4.78 is 38.7. The van der Waals surface area contributed by atoms with Gasteiger partial charge in [0.05, 0.1) is 10.9 Å². The first-order valence-electron chi connectivity index (χ1n) is 5.12. The van der Waals surface area contributed by atoms with E-state index in [9.17, 15) is 23.1 Å². The molecule has 19 heavy (non-hydrogen) atoms. The molecule has 0 saturated heterocycles. The number of H-pyrrole nitrogens is 1. The number of nitrogens with one attached hydrogen (secondary N) is 1. The van der Waals surface area contributed by atoms with E-state index >= 15 is 0 Å². The molecule has 0 aliphatic carbocycles. The van der Waals surface area contributed by atoms with Gasteiger partial charge in [0.2, 0.25) is 5.60 Å². The molecule has 8 heteroatoms. The predicted molar refractivity (Wildman–Crippen MR) is 70.7 cm³/mol. The molecule has 0 spiro atoms. The smallest absolute Gasteiger partial charge is 0.374 e. The van der Waals surface area contributed by atoms with Gasteiger partial charge in [0.25, 0.3) is 5.56 Å². The number of aromatic nitrogens is 2. The van der Waals surface area contributed by atoms with Crippen molar-refractivity contribution in [2.24, 2.45) is 0 Å². The minimum atomic E-state index is -4.93. The number of rotatable bonds is 1. The Labute approximate surface area is 118 Å². The van der Waals surface area contributed by atoms with Crippen molar-refractivity contribution in [3.8, 4) is 0 Å². The van der Waals surface area contributed by atoms with Crippen LogP contribution in [0, 0.1) is 3.57 Å². The number of hydrogen-bond donors (Lipinski definition) is 2. The Hall–Kier alpha value is -1.16. The van der Waals surface area contributed by atoms with Crippen LogP contribution >= 0.6 is 22.6 Å². The van der Waals surface area contributed by atoms with Gasteiger partial charge in [-0.25, -0.2) is 4.98 Å². The van der Waals surface area contributed by atoms with E-state index in [1.54, 1.807) is 12.1 Å². The fourth-order valence-electron chi connectivity index (χ4n) is 1.51.